The Morgan fingerprint density at radius 1 is 0.762 bits per heavy atom. The Hall–Kier alpha value is -0.181. The normalized spacial score (nSPS) is 11.6. The average molecular weight is 397 g/mol. The Bertz CT molecular complexity index is 350. The molecule has 0 radical (unpaired) electrons. The summed E-state index contributed by atoms with van der Waals surface area (Å²) in [5.74, 6) is 1.00. The molecule has 0 saturated carbocycles. The van der Waals surface area contributed by atoms with Gasteiger partial charge in [-0.15, -0.1) is 0 Å². The van der Waals surface area contributed by atoms with Crippen LogP contribution in [0.15, 0.2) is 24.3 Å². The summed E-state index contributed by atoms with van der Waals surface area (Å²) >= 11 is -2.20. The number of rotatable bonds is 11. The van der Waals surface area contributed by atoms with Gasteiger partial charge in [0.25, 0.3) is 0 Å². The van der Waals surface area contributed by atoms with Crippen molar-refractivity contribution in [3.63, 3.8) is 0 Å². The van der Waals surface area contributed by atoms with Crippen molar-refractivity contribution in [3.8, 4) is 5.75 Å². The molecule has 1 aromatic rings. The van der Waals surface area contributed by atoms with E-state index in [1.54, 1.807) is 10.7 Å². The molecule has 0 heterocycles. The minimum absolute atomic E-state index is 1.00. The summed E-state index contributed by atoms with van der Waals surface area (Å²) in [4.78, 5) is 0. The maximum absolute atomic E-state index is 5.35. The van der Waals surface area contributed by atoms with E-state index in [1.165, 1.54) is 51.8 Å². The van der Waals surface area contributed by atoms with Gasteiger partial charge in [0, 0.05) is 0 Å². The fourth-order valence-corrected chi connectivity index (χ4v) is 19.2. The number of unbranched alkanes of at least 4 members (excludes halogenated alkanes) is 3. The molecule has 21 heavy (non-hydrogen) atoms. The van der Waals surface area contributed by atoms with Crippen LogP contribution in [0, 0.1) is 0 Å². The Morgan fingerprint density at radius 2 is 1.19 bits per heavy atom. The van der Waals surface area contributed by atoms with Crippen LogP contribution in [0.3, 0.4) is 0 Å². The van der Waals surface area contributed by atoms with Crippen LogP contribution in [0.25, 0.3) is 0 Å². The predicted octanol–water partition coefficient (Wildman–Crippen LogP) is 5.75. The summed E-state index contributed by atoms with van der Waals surface area (Å²) in [6.07, 6.45) is 8.30. The quantitative estimate of drug-likeness (QED) is 0.432. The van der Waals surface area contributed by atoms with Crippen LogP contribution in [0.2, 0.25) is 13.3 Å². The van der Waals surface area contributed by atoms with Crippen molar-refractivity contribution >= 4 is 22.0 Å². The molecule has 0 saturated heterocycles. The van der Waals surface area contributed by atoms with E-state index in [9.17, 15) is 0 Å². The molecule has 0 fully saturated rings. The van der Waals surface area contributed by atoms with Gasteiger partial charge in [0.1, 0.15) is 0 Å². The second-order valence-electron chi connectivity index (χ2n) is 6.32. The van der Waals surface area contributed by atoms with Gasteiger partial charge in [-0.25, -0.2) is 0 Å². The van der Waals surface area contributed by atoms with E-state index in [2.05, 4.69) is 45.0 Å². The Labute approximate surface area is 136 Å². The molecule has 0 bridgehead atoms. The zero-order valence-electron chi connectivity index (χ0n) is 14.6. The van der Waals surface area contributed by atoms with Crippen molar-refractivity contribution in [3.05, 3.63) is 24.3 Å². The number of benzene rings is 1. The van der Waals surface area contributed by atoms with Gasteiger partial charge in [0.2, 0.25) is 0 Å². The maximum atomic E-state index is 5.35. The van der Waals surface area contributed by atoms with Gasteiger partial charge in [0.15, 0.2) is 0 Å². The van der Waals surface area contributed by atoms with Crippen LogP contribution in [-0.2, 0) is 0 Å². The SMILES string of the molecule is CCC[CH2][Sn]([CH2]CCC)([CH2]CCC)[c]1ccc(OC)cc1. The molecule has 0 unspecified atom stereocenters. The summed E-state index contributed by atoms with van der Waals surface area (Å²) in [5.41, 5.74) is 0. The third-order valence-corrected chi connectivity index (χ3v) is 20.4. The predicted molar refractivity (Wildman–Crippen MR) is 97.5 cm³/mol. The van der Waals surface area contributed by atoms with Crippen molar-refractivity contribution in [2.24, 2.45) is 0 Å². The van der Waals surface area contributed by atoms with Crippen LogP contribution >= 0.6 is 0 Å². The Kier molecular flexibility index (Phi) is 9.46. The standard InChI is InChI=1S/C7H7O.3C4H9.Sn/c1-8-7-5-3-2-4-6-7;3*1-3-4-2;/h3-6H,1H3;3*1,3-4H2,2H3;. The van der Waals surface area contributed by atoms with Crippen molar-refractivity contribution in [2.75, 3.05) is 7.11 Å². The zero-order valence-corrected chi connectivity index (χ0v) is 17.4. The topological polar surface area (TPSA) is 9.23 Å². The molecular weight excluding hydrogens is 363 g/mol. The molecule has 0 amide bonds. The number of ether oxygens (including phenoxy) is 1. The molecule has 0 atom stereocenters. The van der Waals surface area contributed by atoms with E-state index in [0.29, 0.717) is 0 Å². The van der Waals surface area contributed by atoms with Gasteiger partial charge in [0.05, 0.1) is 0 Å². The van der Waals surface area contributed by atoms with Crippen molar-refractivity contribution in [1.82, 2.24) is 0 Å². The summed E-state index contributed by atoms with van der Waals surface area (Å²) < 4.78 is 11.7. The first-order valence-electron chi connectivity index (χ1n) is 8.87. The van der Waals surface area contributed by atoms with Gasteiger partial charge >= 0.3 is 136 Å². The molecular formula is C19H34OSn. The van der Waals surface area contributed by atoms with Crippen molar-refractivity contribution in [1.29, 1.82) is 0 Å². The van der Waals surface area contributed by atoms with Gasteiger partial charge in [-0.2, -0.15) is 0 Å². The molecule has 1 rings (SSSR count). The number of hydrogen-bond donors (Lipinski definition) is 0. The Balaban J connectivity index is 3.02. The first kappa shape index (κ1) is 18.9. The molecule has 2 heteroatoms. The average Bonchev–Trinajstić information content (AvgIpc) is 2.55. The second-order valence-corrected chi connectivity index (χ2v) is 19.6. The van der Waals surface area contributed by atoms with Gasteiger partial charge < -0.3 is 0 Å². The molecule has 0 N–H and O–H groups in total. The summed E-state index contributed by atoms with van der Waals surface area (Å²) in [5, 5.41) is 0. The number of hydrogen-bond acceptors (Lipinski definition) is 1. The first-order valence-corrected chi connectivity index (χ1v) is 16.3. The molecule has 0 aliphatic heterocycles. The van der Waals surface area contributed by atoms with Crippen LogP contribution in [0.1, 0.15) is 59.3 Å². The molecule has 0 aliphatic carbocycles. The molecule has 0 aliphatic rings. The van der Waals surface area contributed by atoms with E-state index >= 15 is 0 Å². The Morgan fingerprint density at radius 3 is 1.52 bits per heavy atom. The molecule has 1 aromatic carbocycles. The first-order chi connectivity index (χ1) is 10.2. The van der Waals surface area contributed by atoms with Crippen LogP contribution in [0.5, 0.6) is 5.75 Å². The van der Waals surface area contributed by atoms with E-state index in [0.717, 1.165) is 5.75 Å². The van der Waals surface area contributed by atoms with E-state index in [4.69, 9.17) is 4.74 Å². The fraction of sp³-hybridized carbons (Fsp3) is 0.684. The monoisotopic (exact) mass is 398 g/mol. The van der Waals surface area contributed by atoms with E-state index in [-0.39, 0.29) is 0 Å². The molecule has 0 spiro atoms. The summed E-state index contributed by atoms with van der Waals surface area (Å²) in [6.45, 7) is 7.01. The number of methoxy groups -OCH3 is 1. The van der Waals surface area contributed by atoms with Gasteiger partial charge in [-0.1, -0.05) is 0 Å². The molecule has 1 nitrogen and oxygen atoms in total. The van der Waals surface area contributed by atoms with Crippen LogP contribution in [-0.4, -0.2) is 25.5 Å². The van der Waals surface area contributed by atoms with Gasteiger partial charge in [-0.05, 0) is 0 Å². The van der Waals surface area contributed by atoms with Crippen LogP contribution in [0.4, 0.5) is 0 Å². The van der Waals surface area contributed by atoms with Crippen LogP contribution < -0.4 is 8.32 Å². The molecule has 0 aromatic heterocycles. The van der Waals surface area contributed by atoms with E-state index in [1.807, 2.05) is 0 Å². The molecule has 120 valence electrons. The minimum atomic E-state index is -2.20. The van der Waals surface area contributed by atoms with E-state index < -0.39 is 18.4 Å². The second kappa shape index (κ2) is 10.5. The zero-order chi connectivity index (χ0) is 15.6. The third kappa shape index (κ3) is 5.84. The van der Waals surface area contributed by atoms with Crippen molar-refractivity contribution in [2.45, 2.75) is 72.6 Å². The third-order valence-electron chi connectivity index (χ3n) is 4.73. The summed E-state index contributed by atoms with van der Waals surface area (Å²) in [7, 11) is 1.76. The van der Waals surface area contributed by atoms with Crippen molar-refractivity contribution < 1.29 is 4.74 Å². The summed E-state index contributed by atoms with van der Waals surface area (Å²) in [6, 6.07) is 9.17. The fourth-order valence-electron chi connectivity index (χ4n) is 3.30. The van der Waals surface area contributed by atoms with Gasteiger partial charge in [-0.3, -0.25) is 0 Å².